The monoisotopic (exact) mass is 244 g/mol. The number of rotatable bonds is 3. The second kappa shape index (κ2) is 5.35. The topological polar surface area (TPSA) is 89.9 Å². The fourth-order valence-electron chi connectivity index (χ4n) is 1.77. The molecule has 1 aliphatic rings. The second-order valence-electron chi connectivity index (χ2n) is 4.73. The van der Waals surface area contributed by atoms with E-state index >= 15 is 0 Å². The van der Waals surface area contributed by atoms with Gasteiger partial charge in [-0.05, 0) is 26.2 Å². The van der Waals surface area contributed by atoms with E-state index in [0.717, 1.165) is 0 Å². The van der Waals surface area contributed by atoms with Gasteiger partial charge in [0.05, 0.1) is 5.60 Å². The van der Waals surface area contributed by atoms with E-state index in [1.165, 1.54) is 0 Å². The molecule has 0 aliphatic carbocycles. The predicted molar refractivity (Wildman–Crippen MR) is 61.7 cm³/mol. The number of urea groups is 1. The number of carbonyl (C=O) groups is 2. The Labute approximate surface area is 101 Å². The zero-order valence-electron chi connectivity index (χ0n) is 10.3. The van der Waals surface area contributed by atoms with Crippen LogP contribution in [0.3, 0.4) is 0 Å². The van der Waals surface area contributed by atoms with Gasteiger partial charge in [-0.25, -0.2) is 9.59 Å². The Morgan fingerprint density at radius 2 is 1.94 bits per heavy atom. The highest BCUT2D eigenvalue weighted by molar-refractivity contribution is 5.82. The number of aliphatic hydroxyl groups is 1. The SMILES string of the molecule is CC[C@@H](NC(=O)N1CCC(C)(O)CC1)C(=O)O. The van der Waals surface area contributed by atoms with Gasteiger partial charge in [0.1, 0.15) is 6.04 Å². The average molecular weight is 244 g/mol. The molecular formula is C11H20N2O4. The lowest BCUT2D eigenvalue weighted by molar-refractivity contribution is -0.139. The van der Waals surface area contributed by atoms with Crippen molar-refractivity contribution in [2.45, 2.75) is 44.8 Å². The highest BCUT2D eigenvalue weighted by atomic mass is 16.4. The van der Waals surface area contributed by atoms with Gasteiger partial charge in [-0.1, -0.05) is 6.92 Å². The summed E-state index contributed by atoms with van der Waals surface area (Å²) in [7, 11) is 0. The first-order valence-electron chi connectivity index (χ1n) is 5.86. The summed E-state index contributed by atoms with van der Waals surface area (Å²) in [5.74, 6) is -1.02. The number of piperidine rings is 1. The molecule has 6 nitrogen and oxygen atoms in total. The molecule has 0 aromatic rings. The molecule has 0 saturated carbocycles. The number of nitrogens with one attached hydrogen (secondary N) is 1. The van der Waals surface area contributed by atoms with Crippen LogP contribution < -0.4 is 5.32 Å². The molecule has 1 rings (SSSR count). The minimum atomic E-state index is -1.02. The van der Waals surface area contributed by atoms with Crippen LogP contribution in [-0.4, -0.2) is 51.8 Å². The maximum Gasteiger partial charge on any atom is 0.326 e. The molecule has 1 aliphatic heterocycles. The highest BCUT2D eigenvalue weighted by Gasteiger charge is 2.30. The van der Waals surface area contributed by atoms with E-state index in [4.69, 9.17) is 5.11 Å². The predicted octanol–water partition coefficient (Wildman–Crippen LogP) is 0.406. The van der Waals surface area contributed by atoms with Crippen LogP contribution in [0.25, 0.3) is 0 Å². The number of likely N-dealkylation sites (tertiary alicyclic amines) is 1. The van der Waals surface area contributed by atoms with Crippen molar-refractivity contribution in [1.82, 2.24) is 10.2 Å². The van der Waals surface area contributed by atoms with Gasteiger partial charge < -0.3 is 20.4 Å². The molecule has 1 atom stereocenters. The molecule has 3 N–H and O–H groups in total. The fraction of sp³-hybridized carbons (Fsp3) is 0.818. The van der Waals surface area contributed by atoms with Crippen LogP contribution in [0, 0.1) is 0 Å². The minimum absolute atomic E-state index is 0.354. The van der Waals surface area contributed by atoms with Crippen LogP contribution >= 0.6 is 0 Å². The zero-order chi connectivity index (χ0) is 13.1. The molecule has 6 heteroatoms. The Kier molecular flexibility index (Phi) is 4.34. The van der Waals surface area contributed by atoms with Crippen LogP contribution in [0.1, 0.15) is 33.1 Å². The molecule has 1 heterocycles. The first kappa shape index (κ1) is 13.8. The van der Waals surface area contributed by atoms with Crippen molar-refractivity contribution in [3.63, 3.8) is 0 Å². The smallest absolute Gasteiger partial charge is 0.326 e. The zero-order valence-corrected chi connectivity index (χ0v) is 10.3. The maximum atomic E-state index is 11.8. The quantitative estimate of drug-likeness (QED) is 0.670. The van der Waals surface area contributed by atoms with Crippen molar-refractivity contribution < 1.29 is 19.8 Å². The Morgan fingerprint density at radius 1 is 1.41 bits per heavy atom. The molecule has 0 radical (unpaired) electrons. The van der Waals surface area contributed by atoms with E-state index in [1.807, 2.05) is 0 Å². The average Bonchev–Trinajstić information content (AvgIpc) is 2.25. The summed E-state index contributed by atoms with van der Waals surface area (Å²) in [6.45, 7) is 4.36. The van der Waals surface area contributed by atoms with Gasteiger partial charge in [-0.2, -0.15) is 0 Å². The molecule has 1 saturated heterocycles. The third-order valence-corrected chi connectivity index (χ3v) is 3.13. The Morgan fingerprint density at radius 3 is 2.35 bits per heavy atom. The second-order valence-corrected chi connectivity index (χ2v) is 4.73. The normalized spacial score (nSPS) is 20.8. The minimum Gasteiger partial charge on any atom is -0.480 e. The van der Waals surface area contributed by atoms with Gasteiger partial charge in [0.2, 0.25) is 0 Å². The first-order valence-corrected chi connectivity index (χ1v) is 5.86. The molecule has 2 amide bonds. The van der Waals surface area contributed by atoms with Gasteiger partial charge in [0.15, 0.2) is 0 Å². The third-order valence-electron chi connectivity index (χ3n) is 3.13. The first-order chi connectivity index (χ1) is 7.85. The van der Waals surface area contributed by atoms with Gasteiger partial charge in [-0.3, -0.25) is 0 Å². The van der Waals surface area contributed by atoms with E-state index in [-0.39, 0.29) is 6.03 Å². The van der Waals surface area contributed by atoms with Crippen LogP contribution in [0.5, 0.6) is 0 Å². The number of carbonyl (C=O) groups excluding carboxylic acids is 1. The number of carboxylic acids is 1. The van der Waals surface area contributed by atoms with Crippen molar-refractivity contribution in [1.29, 1.82) is 0 Å². The van der Waals surface area contributed by atoms with Crippen LogP contribution in [0.4, 0.5) is 4.79 Å². The van der Waals surface area contributed by atoms with Gasteiger partial charge >= 0.3 is 12.0 Å². The largest absolute Gasteiger partial charge is 0.480 e. The molecular weight excluding hydrogens is 224 g/mol. The van der Waals surface area contributed by atoms with Gasteiger partial charge in [0.25, 0.3) is 0 Å². The van der Waals surface area contributed by atoms with Crippen molar-refractivity contribution in [2.75, 3.05) is 13.1 Å². The molecule has 98 valence electrons. The van der Waals surface area contributed by atoms with Crippen LogP contribution in [0.2, 0.25) is 0 Å². The lowest BCUT2D eigenvalue weighted by atomic mass is 9.94. The standard InChI is InChI=1S/C11H20N2O4/c1-3-8(9(14)15)12-10(16)13-6-4-11(2,17)5-7-13/h8,17H,3-7H2,1-2H3,(H,12,16)(H,14,15)/t8-/m1/s1. The Balaban J connectivity index is 2.46. The fourth-order valence-corrected chi connectivity index (χ4v) is 1.77. The lowest BCUT2D eigenvalue weighted by Gasteiger charge is -2.36. The number of carboxylic acid groups (broad SMARTS) is 1. The van der Waals surface area contributed by atoms with Crippen molar-refractivity contribution in [3.05, 3.63) is 0 Å². The summed E-state index contributed by atoms with van der Waals surface area (Å²) in [6.07, 6.45) is 1.39. The summed E-state index contributed by atoms with van der Waals surface area (Å²) < 4.78 is 0. The third kappa shape index (κ3) is 3.89. The van der Waals surface area contributed by atoms with E-state index < -0.39 is 17.6 Å². The summed E-state index contributed by atoms with van der Waals surface area (Å²) in [5.41, 5.74) is -0.715. The van der Waals surface area contributed by atoms with E-state index in [9.17, 15) is 14.7 Å². The summed E-state index contributed by atoms with van der Waals surface area (Å²) in [4.78, 5) is 24.1. The Hall–Kier alpha value is -1.30. The summed E-state index contributed by atoms with van der Waals surface area (Å²) in [6, 6.07) is -1.21. The van der Waals surface area contributed by atoms with Gasteiger partial charge in [-0.15, -0.1) is 0 Å². The molecule has 0 aromatic heterocycles. The van der Waals surface area contributed by atoms with Crippen molar-refractivity contribution >= 4 is 12.0 Å². The van der Waals surface area contributed by atoms with E-state index in [0.29, 0.717) is 32.4 Å². The molecule has 1 fully saturated rings. The lowest BCUT2D eigenvalue weighted by Crippen LogP contribution is -2.52. The Bertz CT molecular complexity index is 294. The summed E-state index contributed by atoms with van der Waals surface area (Å²) in [5, 5.41) is 21.0. The van der Waals surface area contributed by atoms with E-state index in [2.05, 4.69) is 5.32 Å². The van der Waals surface area contributed by atoms with Crippen LogP contribution in [-0.2, 0) is 4.79 Å². The molecule has 0 aromatic carbocycles. The number of amides is 2. The number of nitrogens with zero attached hydrogens (tertiary/aromatic N) is 1. The molecule has 17 heavy (non-hydrogen) atoms. The molecule has 0 unspecified atom stereocenters. The van der Waals surface area contributed by atoms with Crippen molar-refractivity contribution in [2.24, 2.45) is 0 Å². The number of aliphatic carboxylic acids is 1. The maximum absolute atomic E-state index is 11.8. The molecule has 0 bridgehead atoms. The molecule has 0 spiro atoms. The van der Waals surface area contributed by atoms with Crippen LogP contribution in [0.15, 0.2) is 0 Å². The number of hydrogen-bond acceptors (Lipinski definition) is 3. The van der Waals surface area contributed by atoms with Crippen molar-refractivity contribution in [3.8, 4) is 0 Å². The highest BCUT2D eigenvalue weighted by Crippen LogP contribution is 2.20. The van der Waals surface area contributed by atoms with E-state index in [1.54, 1.807) is 18.7 Å². The number of hydrogen-bond donors (Lipinski definition) is 3. The van der Waals surface area contributed by atoms with Gasteiger partial charge in [0, 0.05) is 13.1 Å². The summed E-state index contributed by atoms with van der Waals surface area (Å²) >= 11 is 0.